The van der Waals surface area contributed by atoms with Crippen molar-refractivity contribution in [3.63, 3.8) is 0 Å². The van der Waals surface area contributed by atoms with Gasteiger partial charge in [-0.1, -0.05) is 13.3 Å². The summed E-state index contributed by atoms with van der Waals surface area (Å²) in [4.78, 5) is 13.6. The fourth-order valence-electron chi connectivity index (χ4n) is 2.40. The number of likely N-dealkylation sites (tertiary alicyclic amines) is 1. The molecule has 0 aromatic carbocycles. The van der Waals surface area contributed by atoms with Gasteiger partial charge in [0.15, 0.2) is 0 Å². The smallest absolute Gasteiger partial charge is 0.409 e. The van der Waals surface area contributed by atoms with Gasteiger partial charge in [-0.15, -0.1) is 0 Å². The standard InChI is InChI=1S/C13H26N2O3/c1-3-11-8-12(14-6-5-7-16)10-15(9-11)13(17)18-4-2/h11-12,14,16H,3-10H2,1-2H3. The van der Waals surface area contributed by atoms with Gasteiger partial charge in [0.05, 0.1) is 6.61 Å². The van der Waals surface area contributed by atoms with E-state index in [4.69, 9.17) is 9.84 Å². The van der Waals surface area contributed by atoms with Crippen LogP contribution in [0.3, 0.4) is 0 Å². The van der Waals surface area contributed by atoms with Crippen molar-refractivity contribution < 1.29 is 14.6 Å². The van der Waals surface area contributed by atoms with E-state index in [2.05, 4.69) is 12.2 Å². The summed E-state index contributed by atoms with van der Waals surface area (Å²) >= 11 is 0. The van der Waals surface area contributed by atoms with E-state index < -0.39 is 0 Å². The number of nitrogens with one attached hydrogen (secondary N) is 1. The van der Waals surface area contributed by atoms with Crippen LogP contribution in [0, 0.1) is 5.92 Å². The maximum atomic E-state index is 11.8. The normalized spacial score (nSPS) is 24.1. The zero-order valence-electron chi connectivity index (χ0n) is 11.5. The first-order valence-electron chi connectivity index (χ1n) is 6.97. The minimum absolute atomic E-state index is 0.204. The number of hydrogen-bond acceptors (Lipinski definition) is 4. The maximum Gasteiger partial charge on any atom is 0.409 e. The van der Waals surface area contributed by atoms with Crippen molar-refractivity contribution in [3.05, 3.63) is 0 Å². The predicted molar refractivity (Wildman–Crippen MR) is 70.5 cm³/mol. The molecule has 5 nitrogen and oxygen atoms in total. The Labute approximate surface area is 109 Å². The molecule has 2 atom stereocenters. The average molecular weight is 258 g/mol. The summed E-state index contributed by atoms with van der Waals surface area (Å²) in [6.45, 7) is 6.93. The number of aliphatic hydroxyl groups is 1. The van der Waals surface area contributed by atoms with E-state index in [1.54, 1.807) is 4.90 Å². The van der Waals surface area contributed by atoms with Crippen LogP contribution in [0.2, 0.25) is 0 Å². The van der Waals surface area contributed by atoms with Gasteiger partial charge in [-0.05, 0) is 32.2 Å². The molecule has 18 heavy (non-hydrogen) atoms. The van der Waals surface area contributed by atoms with Crippen molar-refractivity contribution in [3.8, 4) is 0 Å². The Morgan fingerprint density at radius 1 is 1.44 bits per heavy atom. The molecule has 0 spiro atoms. The molecule has 1 aliphatic heterocycles. The van der Waals surface area contributed by atoms with Gasteiger partial charge in [-0.25, -0.2) is 4.79 Å². The molecule has 2 unspecified atom stereocenters. The van der Waals surface area contributed by atoms with Gasteiger partial charge in [0.25, 0.3) is 0 Å². The Bertz CT molecular complexity index is 248. The molecule has 0 saturated carbocycles. The van der Waals surface area contributed by atoms with Crippen LogP contribution in [-0.2, 0) is 4.74 Å². The predicted octanol–water partition coefficient (Wildman–Crippen LogP) is 1.22. The van der Waals surface area contributed by atoms with Crippen LogP contribution in [-0.4, -0.2) is 55.0 Å². The number of rotatable bonds is 6. The van der Waals surface area contributed by atoms with Crippen LogP contribution >= 0.6 is 0 Å². The number of hydrogen-bond donors (Lipinski definition) is 2. The lowest BCUT2D eigenvalue weighted by atomic mass is 9.92. The minimum atomic E-state index is -0.204. The lowest BCUT2D eigenvalue weighted by Gasteiger charge is -2.37. The van der Waals surface area contributed by atoms with Crippen LogP contribution in [0.15, 0.2) is 0 Å². The molecule has 1 amide bonds. The Morgan fingerprint density at radius 2 is 2.22 bits per heavy atom. The second-order valence-electron chi connectivity index (χ2n) is 4.84. The van der Waals surface area contributed by atoms with Gasteiger partial charge >= 0.3 is 6.09 Å². The Hall–Kier alpha value is -0.810. The molecule has 5 heteroatoms. The molecule has 0 aromatic heterocycles. The summed E-state index contributed by atoms with van der Waals surface area (Å²) in [6, 6.07) is 0.319. The SMILES string of the molecule is CCOC(=O)N1CC(CC)CC(NCCCO)C1. The molecule has 1 aliphatic rings. The molecular weight excluding hydrogens is 232 g/mol. The number of carbonyl (C=O) groups is 1. The molecular formula is C13H26N2O3. The average Bonchev–Trinajstić information content (AvgIpc) is 2.39. The first-order valence-corrected chi connectivity index (χ1v) is 6.97. The second-order valence-corrected chi connectivity index (χ2v) is 4.84. The minimum Gasteiger partial charge on any atom is -0.450 e. The molecule has 0 radical (unpaired) electrons. The largest absolute Gasteiger partial charge is 0.450 e. The number of aliphatic hydroxyl groups excluding tert-OH is 1. The summed E-state index contributed by atoms with van der Waals surface area (Å²) in [7, 11) is 0. The summed E-state index contributed by atoms with van der Waals surface area (Å²) in [5, 5.41) is 12.2. The number of piperidine rings is 1. The highest BCUT2D eigenvalue weighted by Gasteiger charge is 2.29. The summed E-state index contributed by atoms with van der Waals surface area (Å²) in [5.41, 5.74) is 0. The molecule has 0 bridgehead atoms. The van der Waals surface area contributed by atoms with Gasteiger partial charge in [0.2, 0.25) is 0 Å². The maximum absolute atomic E-state index is 11.8. The molecule has 2 N–H and O–H groups in total. The molecule has 1 rings (SSSR count). The van der Waals surface area contributed by atoms with E-state index in [9.17, 15) is 4.79 Å². The van der Waals surface area contributed by atoms with Crippen LogP contribution in [0.4, 0.5) is 4.79 Å². The third kappa shape index (κ3) is 4.82. The molecule has 1 fully saturated rings. The summed E-state index contributed by atoms with van der Waals surface area (Å²) < 4.78 is 5.07. The van der Waals surface area contributed by atoms with Crippen molar-refractivity contribution in [2.45, 2.75) is 39.2 Å². The summed E-state index contributed by atoms with van der Waals surface area (Å²) in [6.07, 6.45) is 2.73. The fraction of sp³-hybridized carbons (Fsp3) is 0.923. The van der Waals surface area contributed by atoms with Gasteiger partial charge in [0.1, 0.15) is 0 Å². The monoisotopic (exact) mass is 258 g/mol. The van der Waals surface area contributed by atoms with E-state index in [-0.39, 0.29) is 12.7 Å². The van der Waals surface area contributed by atoms with Gasteiger partial charge in [-0.2, -0.15) is 0 Å². The summed E-state index contributed by atoms with van der Waals surface area (Å²) in [5.74, 6) is 0.537. The van der Waals surface area contributed by atoms with Gasteiger partial charge < -0.3 is 20.1 Å². The number of nitrogens with zero attached hydrogens (tertiary/aromatic N) is 1. The van der Waals surface area contributed by atoms with E-state index in [1.807, 2.05) is 6.92 Å². The van der Waals surface area contributed by atoms with Crippen molar-refractivity contribution in [1.29, 1.82) is 0 Å². The number of amides is 1. The first-order chi connectivity index (χ1) is 8.71. The van der Waals surface area contributed by atoms with E-state index in [1.165, 1.54) is 0 Å². The van der Waals surface area contributed by atoms with Gasteiger partial charge in [-0.3, -0.25) is 0 Å². The highest BCUT2D eigenvalue weighted by atomic mass is 16.6. The number of ether oxygens (including phenoxy) is 1. The molecule has 106 valence electrons. The zero-order valence-corrected chi connectivity index (χ0v) is 11.5. The number of carbonyl (C=O) groups excluding carboxylic acids is 1. The Balaban J connectivity index is 2.46. The molecule has 0 aliphatic carbocycles. The van der Waals surface area contributed by atoms with Crippen molar-refractivity contribution >= 4 is 6.09 Å². The topological polar surface area (TPSA) is 61.8 Å². The van der Waals surface area contributed by atoms with Crippen molar-refractivity contribution in [2.24, 2.45) is 5.92 Å². The van der Waals surface area contributed by atoms with E-state index in [0.29, 0.717) is 25.1 Å². The molecule has 1 saturated heterocycles. The first kappa shape index (κ1) is 15.2. The Morgan fingerprint density at radius 3 is 2.83 bits per heavy atom. The van der Waals surface area contributed by atoms with Crippen molar-refractivity contribution in [1.82, 2.24) is 10.2 Å². The van der Waals surface area contributed by atoms with Crippen LogP contribution in [0.5, 0.6) is 0 Å². The third-order valence-corrected chi connectivity index (χ3v) is 3.41. The highest BCUT2D eigenvalue weighted by molar-refractivity contribution is 5.67. The van der Waals surface area contributed by atoms with Crippen LogP contribution < -0.4 is 5.32 Å². The lowest BCUT2D eigenvalue weighted by Crippen LogP contribution is -2.51. The lowest BCUT2D eigenvalue weighted by molar-refractivity contribution is 0.0779. The quantitative estimate of drug-likeness (QED) is 0.703. The van der Waals surface area contributed by atoms with E-state index in [0.717, 1.165) is 32.4 Å². The van der Waals surface area contributed by atoms with Crippen LogP contribution in [0.1, 0.15) is 33.1 Å². The zero-order chi connectivity index (χ0) is 13.4. The van der Waals surface area contributed by atoms with E-state index >= 15 is 0 Å². The fourth-order valence-corrected chi connectivity index (χ4v) is 2.40. The van der Waals surface area contributed by atoms with Crippen LogP contribution in [0.25, 0.3) is 0 Å². The van der Waals surface area contributed by atoms with Gasteiger partial charge in [0, 0.05) is 25.7 Å². The second kappa shape index (κ2) is 8.32. The molecule has 1 heterocycles. The van der Waals surface area contributed by atoms with Crippen molar-refractivity contribution in [2.75, 3.05) is 32.8 Å². The highest BCUT2D eigenvalue weighted by Crippen LogP contribution is 2.20. The molecule has 0 aromatic rings. The third-order valence-electron chi connectivity index (χ3n) is 3.41. The Kier molecular flexibility index (Phi) is 7.05.